The Morgan fingerprint density at radius 3 is 2.72 bits per heavy atom. The number of amides is 1. The second-order valence-corrected chi connectivity index (χ2v) is 6.35. The van der Waals surface area contributed by atoms with Crippen LogP contribution in [-0.4, -0.2) is 37.6 Å². The number of carbonyl (C=O) groups excluding carboxylic acids is 1. The van der Waals surface area contributed by atoms with Gasteiger partial charge in [0.25, 0.3) is 5.91 Å². The summed E-state index contributed by atoms with van der Waals surface area (Å²) in [5, 5.41) is 0. The Morgan fingerprint density at radius 1 is 1.16 bits per heavy atom. The summed E-state index contributed by atoms with van der Waals surface area (Å²) in [7, 11) is 3.28. The van der Waals surface area contributed by atoms with Crippen LogP contribution in [-0.2, 0) is 0 Å². The molecule has 0 N–H and O–H groups in total. The first kappa shape index (κ1) is 17.3. The number of methoxy groups -OCH3 is 2. The fourth-order valence-corrected chi connectivity index (χ4v) is 3.55. The van der Waals surface area contributed by atoms with Gasteiger partial charge in [-0.2, -0.15) is 0 Å². The summed E-state index contributed by atoms with van der Waals surface area (Å²) in [5.41, 5.74) is 2.65. The molecular weight excluding hydrogens is 314 g/mol. The van der Waals surface area contributed by atoms with Crippen molar-refractivity contribution in [2.75, 3.05) is 20.8 Å². The Bertz CT molecular complexity index is 757. The predicted octanol–water partition coefficient (Wildman–Crippen LogP) is 4.39. The lowest BCUT2D eigenvalue weighted by Gasteiger charge is -2.24. The van der Waals surface area contributed by atoms with Crippen LogP contribution in [0.5, 0.6) is 11.5 Å². The van der Waals surface area contributed by atoms with Crippen molar-refractivity contribution in [2.24, 2.45) is 0 Å². The molecule has 0 aromatic heterocycles. The Hall–Kier alpha value is -2.49. The number of hydrogen-bond acceptors (Lipinski definition) is 3. The zero-order valence-corrected chi connectivity index (χ0v) is 15.1. The van der Waals surface area contributed by atoms with Crippen LogP contribution in [0.2, 0.25) is 0 Å². The monoisotopic (exact) mass is 339 g/mol. The van der Waals surface area contributed by atoms with Gasteiger partial charge in [0.2, 0.25) is 0 Å². The van der Waals surface area contributed by atoms with Crippen molar-refractivity contribution in [1.82, 2.24) is 4.90 Å². The summed E-state index contributed by atoms with van der Waals surface area (Å²) in [5.74, 6) is 1.60. The minimum Gasteiger partial charge on any atom is -0.497 e. The van der Waals surface area contributed by atoms with E-state index in [9.17, 15) is 4.79 Å². The maximum absolute atomic E-state index is 12.9. The highest BCUT2D eigenvalue weighted by atomic mass is 16.5. The summed E-state index contributed by atoms with van der Waals surface area (Å²) in [4.78, 5) is 14.9. The van der Waals surface area contributed by atoms with E-state index in [4.69, 9.17) is 9.47 Å². The van der Waals surface area contributed by atoms with Crippen molar-refractivity contribution >= 4 is 5.91 Å². The molecule has 1 aliphatic rings. The van der Waals surface area contributed by atoms with Crippen LogP contribution in [0.3, 0.4) is 0 Å². The first-order valence-electron chi connectivity index (χ1n) is 8.81. The zero-order valence-electron chi connectivity index (χ0n) is 15.1. The van der Waals surface area contributed by atoms with Crippen molar-refractivity contribution < 1.29 is 14.3 Å². The van der Waals surface area contributed by atoms with Crippen LogP contribution in [0.1, 0.15) is 36.5 Å². The molecule has 2 aromatic carbocycles. The molecule has 3 rings (SSSR count). The van der Waals surface area contributed by atoms with Gasteiger partial charge < -0.3 is 14.4 Å². The van der Waals surface area contributed by atoms with E-state index in [0.29, 0.717) is 6.04 Å². The van der Waals surface area contributed by atoms with Gasteiger partial charge in [-0.1, -0.05) is 19.1 Å². The molecule has 4 heteroatoms. The number of ether oxygens (including phenoxy) is 2. The first-order valence-corrected chi connectivity index (χ1v) is 8.81. The number of hydrogen-bond donors (Lipinski definition) is 0. The second kappa shape index (κ2) is 7.60. The molecule has 1 atom stereocenters. The number of carbonyl (C=O) groups is 1. The number of nitrogens with zero attached hydrogens (tertiary/aromatic N) is 1. The van der Waals surface area contributed by atoms with Gasteiger partial charge in [0, 0.05) is 29.8 Å². The lowest BCUT2D eigenvalue weighted by atomic mass is 10.0. The van der Waals surface area contributed by atoms with Crippen LogP contribution in [0, 0.1) is 0 Å². The summed E-state index contributed by atoms with van der Waals surface area (Å²) in [6.07, 6.45) is 3.21. The molecule has 4 nitrogen and oxygen atoms in total. The Labute approximate surface area is 149 Å². The van der Waals surface area contributed by atoms with Gasteiger partial charge in [-0.25, -0.2) is 0 Å². The molecule has 132 valence electrons. The standard InChI is InChI=1S/C21H25NO3/c1-4-17-9-6-12-22(17)21(23)16-8-5-7-15(13-16)19-11-10-18(24-2)14-20(19)25-3/h5,7-8,10-11,13-14,17H,4,6,9,12H2,1-3H3/t17-/m0/s1. The van der Waals surface area contributed by atoms with Gasteiger partial charge in [-0.15, -0.1) is 0 Å². The normalized spacial score (nSPS) is 16.8. The van der Waals surface area contributed by atoms with Crippen molar-refractivity contribution in [3.8, 4) is 22.6 Å². The predicted molar refractivity (Wildman–Crippen MR) is 99.3 cm³/mol. The zero-order chi connectivity index (χ0) is 17.8. The molecule has 0 saturated carbocycles. The molecule has 0 bridgehead atoms. The molecule has 2 aromatic rings. The summed E-state index contributed by atoms with van der Waals surface area (Å²) in [6, 6.07) is 13.9. The Morgan fingerprint density at radius 2 is 2.00 bits per heavy atom. The maximum atomic E-state index is 12.9. The molecule has 25 heavy (non-hydrogen) atoms. The van der Waals surface area contributed by atoms with E-state index in [1.54, 1.807) is 14.2 Å². The van der Waals surface area contributed by atoms with Gasteiger partial charge in [0.05, 0.1) is 14.2 Å². The number of rotatable bonds is 5. The van der Waals surface area contributed by atoms with Crippen molar-refractivity contribution in [3.63, 3.8) is 0 Å². The number of likely N-dealkylation sites (tertiary alicyclic amines) is 1. The van der Waals surface area contributed by atoms with Crippen LogP contribution in [0.25, 0.3) is 11.1 Å². The van der Waals surface area contributed by atoms with E-state index >= 15 is 0 Å². The minimum atomic E-state index is 0.124. The fourth-order valence-electron chi connectivity index (χ4n) is 3.55. The summed E-state index contributed by atoms with van der Waals surface area (Å²) >= 11 is 0. The third kappa shape index (κ3) is 3.48. The molecule has 1 heterocycles. The van der Waals surface area contributed by atoms with Gasteiger partial charge in [-0.05, 0) is 49.1 Å². The second-order valence-electron chi connectivity index (χ2n) is 6.35. The summed E-state index contributed by atoms with van der Waals surface area (Å²) in [6.45, 7) is 3.00. The fraction of sp³-hybridized carbons (Fsp3) is 0.381. The first-order chi connectivity index (χ1) is 12.2. The highest BCUT2D eigenvalue weighted by Crippen LogP contribution is 2.34. The Balaban J connectivity index is 1.93. The summed E-state index contributed by atoms with van der Waals surface area (Å²) < 4.78 is 10.8. The van der Waals surface area contributed by atoms with E-state index in [0.717, 1.165) is 54.0 Å². The average molecular weight is 339 g/mol. The topological polar surface area (TPSA) is 38.8 Å². The molecule has 1 fully saturated rings. The van der Waals surface area contributed by atoms with E-state index in [-0.39, 0.29) is 5.91 Å². The highest BCUT2D eigenvalue weighted by molar-refractivity contribution is 5.96. The van der Waals surface area contributed by atoms with Crippen molar-refractivity contribution in [2.45, 2.75) is 32.2 Å². The van der Waals surface area contributed by atoms with Gasteiger partial charge in [-0.3, -0.25) is 4.79 Å². The molecule has 1 aliphatic heterocycles. The van der Waals surface area contributed by atoms with Crippen LogP contribution < -0.4 is 9.47 Å². The molecule has 0 aliphatic carbocycles. The average Bonchev–Trinajstić information content (AvgIpc) is 3.15. The Kier molecular flexibility index (Phi) is 5.27. The SMILES string of the molecule is CC[C@H]1CCCN1C(=O)c1cccc(-c2ccc(OC)cc2OC)c1. The van der Waals surface area contributed by atoms with Gasteiger partial charge in [0.15, 0.2) is 0 Å². The van der Waals surface area contributed by atoms with Crippen molar-refractivity contribution in [1.29, 1.82) is 0 Å². The molecule has 0 unspecified atom stereocenters. The van der Waals surface area contributed by atoms with E-state index < -0.39 is 0 Å². The lowest BCUT2D eigenvalue weighted by molar-refractivity contribution is 0.0733. The largest absolute Gasteiger partial charge is 0.497 e. The van der Waals surface area contributed by atoms with E-state index in [2.05, 4.69) is 6.92 Å². The molecule has 0 radical (unpaired) electrons. The van der Waals surface area contributed by atoms with Crippen LogP contribution >= 0.6 is 0 Å². The van der Waals surface area contributed by atoms with Crippen molar-refractivity contribution in [3.05, 3.63) is 48.0 Å². The molecule has 0 spiro atoms. The maximum Gasteiger partial charge on any atom is 0.254 e. The lowest BCUT2D eigenvalue weighted by Crippen LogP contribution is -2.35. The molecule has 1 saturated heterocycles. The minimum absolute atomic E-state index is 0.124. The third-order valence-electron chi connectivity index (χ3n) is 4.94. The van der Waals surface area contributed by atoms with Gasteiger partial charge >= 0.3 is 0 Å². The smallest absolute Gasteiger partial charge is 0.254 e. The van der Waals surface area contributed by atoms with Gasteiger partial charge in [0.1, 0.15) is 11.5 Å². The quantitative estimate of drug-likeness (QED) is 0.811. The third-order valence-corrected chi connectivity index (χ3v) is 4.94. The molecular formula is C21H25NO3. The van der Waals surface area contributed by atoms with Crippen LogP contribution in [0.4, 0.5) is 0 Å². The highest BCUT2D eigenvalue weighted by Gasteiger charge is 2.28. The van der Waals surface area contributed by atoms with E-state index in [1.165, 1.54) is 0 Å². The molecule has 1 amide bonds. The number of benzene rings is 2. The van der Waals surface area contributed by atoms with E-state index in [1.807, 2.05) is 47.4 Å². The van der Waals surface area contributed by atoms with Crippen LogP contribution in [0.15, 0.2) is 42.5 Å².